The van der Waals surface area contributed by atoms with Crippen molar-refractivity contribution in [1.82, 2.24) is 10.6 Å². The van der Waals surface area contributed by atoms with Crippen LogP contribution in [0.25, 0.3) is 0 Å². The molecule has 1 aliphatic carbocycles. The number of rotatable bonds is 6. The molecule has 1 aromatic carbocycles. The highest BCUT2D eigenvalue weighted by Crippen LogP contribution is 2.08. The number of aliphatic imine (C=N–C) groups is 1. The molecule has 21 heavy (non-hydrogen) atoms. The molecule has 0 heterocycles. The van der Waals surface area contributed by atoms with Crippen molar-refractivity contribution in [3.63, 3.8) is 0 Å². The summed E-state index contributed by atoms with van der Waals surface area (Å²) in [5.41, 5.74) is 1.39. The first-order chi connectivity index (χ1) is 9.88. The van der Waals surface area contributed by atoms with E-state index in [0.717, 1.165) is 44.7 Å². The summed E-state index contributed by atoms with van der Waals surface area (Å²) in [6, 6.07) is 11.1. The molecule has 1 aliphatic rings. The van der Waals surface area contributed by atoms with E-state index in [1.165, 1.54) is 5.56 Å². The lowest BCUT2D eigenvalue weighted by atomic mass is 10.1. The van der Waals surface area contributed by atoms with E-state index in [1.54, 1.807) is 0 Å². The summed E-state index contributed by atoms with van der Waals surface area (Å²) in [6.07, 6.45) is 8.86. The van der Waals surface area contributed by atoms with Gasteiger partial charge in [-0.05, 0) is 38.2 Å². The van der Waals surface area contributed by atoms with Crippen LogP contribution in [-0.4, -0.2) is 25.1 Å². The van der Waals surface area contributed by atoms with Gasteiger partial charge in [0.1, 0.15) is 0 Å². The molecule has 0 atom stereocenters. The van der Waals surface area contributed by atoms with Crippen molar-refractivity contribution in [2.75, 3.05) is 13.1 Å². The minimum Gasteiger partial charge on any atom is -0.357 e. The number of benzene rings is 1. The molecule has 3 nitrogen and oxygen atoms in total. The topological polar surface area (TPSA) is 36.4 Å². The number of nitrogens with one attached hydrogen (secondary N) is 2. The fourth-order valence-electron chi connectivity index (χ4n) is 2.37. The predicted molar refractivity (Wildman–Crippen MR) is 101 cm³/mol. The van der Waals surface area contributed by atoms with Crippen LogP contribution in [0.5, 0.6) is 0 Å². The first kappa shape index (κ1) is 18.0. The van der Waals surface area contributed by atoms with E-state index in [0.29, 0.717) is 6.04 Å². The maximum Gasteiger partial charge on any atom is 0.191 e. The van der Waals surface area contributed by atoms with Gasteiger partial charge >= 0.3 is 0 Å². The molecule has 0 spiro atoms. The van der Waals surface area contributed by atoms with Crippen LogP contribution in [0, 0.1) is 0 Å². The van der Waals surface area contributed by atoms with Crippen LogP contribution in [-0.2, 0) is 6.42 Å². The predicted octanol–water partition coefficient (Wildman–Crippen LogP) is 3.51. The molecule has 0 fully saturated rings. The quantitative estimate of drug-likeness (QED) is 0.253. The summed E-state index contributed by atoms with van der Waals surface area (Å²) in [5, 5.41) is 6.81. The molecule has 0 aromatic heterocycles. The molecule has 4 heteroatoms. The molecule has 0 amide bonds. The van der Waals surface area contributed by atoms with Crippen molar-refractivity contribution in [3.8, 4) is 0 Å². The Balaban J connectivity index is 0.00000220. The standard InChI is InChI=1S/C17H25N3.HI/c1-2-18-17(20-16-12-6-7-13-16)19-14-8-11-15-9-4-3-5-10-15;/h3-7,9-10,16H,2,8,11-14H2,1H3,(H2,18,19,20);1H. The number of aryl methyl sites for hydroxylation is 1. The average Bonchev–Trinajstić information content (AvgIpc) is 2.98. The van der Waals surface area contributed by atoms with Gasteiger partial charge in [0.2, 0.25) is 0 Å². The van der Waals surface area contributed by atoms with Crippen LogP contribution < -0.4 is 10.6 Å². The maximum atomic E-state index is 4.66. The van der Waals surface area contributed by atoms with Gasteiger partial charge in [-0.3, -0.25) is 4.99 Å². The van der Waals surface area contributed by atoms with Crippen molar-refractivity contribution in [1.29, 1.82) is 0 Å². The molecule has 0 bridgehead atoms. The molecule has 0 saturated heterocycles. The van der Waals surface area contributed by atoms with Crippen molar-refractivity contribution in [2.45, 2.75) is 38.6 Å². The van der Waals surface area contributed by atoms with Crippen LogP contribution in [0.1, 0.15) is 31.7 Å². The average molecular weight is 399 g/mol. The number of hydrogen-bond acceptors (Lipinski definition) is 1. The van der Waals surface area contributed by atoms with Gasteiger partial charge < -0.3 is 10.6 Å². The highest BCUT2D eigenvalue weighted by atomic mass is 127. The van der Waals surface area contributed by atoms with Crippen LogP contribution in [0.4, 0.5) is 0 Å². The Labute approximate surface area is 145 Å². The van der Waals surface area contributed by atoms with Crippen LogP contribution in [0.3, 0.4) is 0 Å². The minimum absolute atomic E-state index is 0. The monoisotopic (exact) mass is 399 g/mol. The van der Waals surface area contributed by atoms with Crippen molar-refractivity contribution < 1.29 is 0 Å². The Morgan fingerprint density at radius 2 is 1.90 bits per heavy atom. The molecule has 1 aromatic rings. The van der Waals surface area contributed by atoms with Gasteiger partial charge in [-0.2, -0.15) is 0 Å². The van der Waals surface area contributed by atoms with Crippen molar-refractivity contribution >= 4 is 29.9 Å². The van der Waals surface area contributed by atoms with Crippen molar-refractivity contribution in [2.24, 2.45) is 4.99 Å². The largest absolute Gasteiger partial charge is 0.357 e. The lowest BCUT2D eigenvalue weighted by Crippen LogP contribution is -2.42. The third kappa shape index (κ3) is 6.98. The summed E-state index contributed by atoms with van der Waals surface area (Å²) in [4.78, 5) is 4.66. The number of guanidine groups is 1. The van der Waals surface area contributed by atoms with Gasteiger partial charge in [-0.1, -0.05) is 42.5 Å². The molecule has 2 rings (SSSR count). The van der Waals surface area contributed by atoms with Crippen molar-refractivity contribution in [3.05, 3.63) is 48.0 Å². The zero-order valence-electron chi connectivity index (χ0n) is 12.7. The zero-order chi connectivity index (χ0) is 14.0. The molecular formula is C17H26IN3. The van der Waals surface area contributed by atoms with E-state index in [2.05, 4.69) is 65.0 Å². The summed E-state index contributed by atoms with van der Waals surface area (Å²) in [5.74, 6) is 0.953. The summed E-state index contributed by atoms with van der Waals surface area (Å²) in [7, 11) is 0. The van der Waals surface area contributed by atoms with Gasteiger partial charge in [0.25, 0.3) is 0 Å². The number of halogens is 1. The molecule has 0 aliphatic heterocycles. The highest BCUT2D eigenvalue weighted by molar-refractivity contribution is 14.0. The third-order valence-corrected chi connectivity index (χ3v) is 3.43. The van der Waals surface area contributed by atoms with E-state index in [1.807, 2.05) is 0 Å². The maximum absolute atomic E-state index is 4.66. The first-order valence-electron chi connectivity index (χ1n) is 7.62. The second kappa shape index (κ2) is 10.7. The van der Waals surface area contributed by atoms with Gasteiger partial charge in [0.15, 0.2) is 5.96 Å². The number of hydrogen-bond donors (Lipinski definition) is 2. The molecule has 0 unspecified atom stereocenters. The molecule has 0 saturated carbocycles. The van der Waals surface area contributed by atoms with Crippen LogP contribution in [0.2, 0.25) is 0 Å². The van der Waals surface area contributed by atoms with E-state index in [9.17, 15) is 0 Å². The SMILES string of the molecule is CCNC(=NCCCc1ccccc1)NC1CC=CC1.I. The molecular weight excluding hydrogens is 373 g/mol. The van der Waals surface area contributed by atoms with Crippen LogP contribution >= 0.6 is 24.0 Å². The Morgan fingerprint density at radius 1 is 1.19 bits per heavy atom. The van der Waals surface area contributed by atoms with Gasteiger partial charge in [-0.25, -0.2) is 0 Å². The lowest BCUT2D eigenvalue weighted by molar-refractivity contribution is 0.632. The van der Waals surface area contributed by atoms with Gasteiger partial charge in [-0.15, -0.1) is 24.0 Å². The van der Waals surface area contributed by atoms with E-state index in [4.69, 9.17) is 0 Å². The zero-order valence-corrected chi connectivity index (χ0v) is 15.0. The highest BCUT2D eigenvalue weighted by Gasteiger charge is 2.11. The summed E-state index contributed by atoms with van der Waals surface area (Å²) < 4.78 is 0. The van der Waals surface area contributed by atoms with Gasteiger partial charge in [0, 0.05) is 19.1 Å². The first-order valence-corrected chi connectivity index (χ1v) is 7.62. The van der Waals surface area contributed by atoms with E-state index < -0.39 is 0 Å². The fourth-order valence-corrected chi connectivity index (χ4v) is 2.37. The van der Waals surface area contributed by atoms with E-state index in [-0.39, 0.29) is 24.0 Å². The smallest absolute Gasteiger partial charge is 0.191 e. The van der Waals surface area contributed by atoms with Crippen LogP contribution in [0.15, 0.2) is 47.5 Å². The Hall–Kier alpha value is -1.04. The molecule has 2 N–H and O–H groups in total. The van der Waals surface area contributed by atoms with Gasteiger partial charge in [0.05, 0.1) is 0 Å². The Kier molecular flexibility index (Phi) is 9.14. The summed E-state index contributed by atoms with van der Waals surface area (Å²) >= 11 is 0. The second-order valence-electron chi connectivity index (χ2n) is 5.13. The third-order valence-electron chi connectivity index (χ3n) is 3.43. The number of nitrogens with zero attached hydrogens (tertiary/aromatic N) is 1. The summed E-state index contributed by atoms with van der Waals surface area (Å²) in [6.45, 7) is 3.88. The molecule has 116 valence electrons. The minimum atomic E-state index is 0. The normalized spacial score (nSPS) is 14.8. The van der Waals surface area contributed by atoms with E-state index >= 15 is 0 Å². The molecule has 0 radical (unpaired) electrons. The second-order valence-corrected chi connectivity index (χ2v) is 5.13. The fraction of sp³-hybridized carbons (Fsp3) is 0.471. The Bertz CT molecular complexity index is 435. The Morgan fingerprint density at radius 3 is 2.57 bits per heavy atom. The lowest BCUT2D eigenvalue weighted by Gasteiger charge is -2.16.